The van der Waals surface area contributed by atoms with E-state index in [-0.39, 0.29) is 12.3 Å². The van der Waals surface area contributed by atoms with E-state index in [1.54, 1.807) is 7.05 Å². The minimum atomic E-state index is -0.508. The second-order valence-corrected chi connectivity index (χ2v) is 2.83. The number of hydrogen-bond acceptors (Lipinski definition) is 5. The van der Waals surface area contributed by atoms with Crippen LogP contribution in [0.5, 0.6) is 5.75 Å². The zero-order valence-electron chi connectivity index (χ0n) is 8.21. The molecule has 0 radical (unpaired) electrons. The number of aliphatic hydroxyl groups excluding tert-OH is 1. The quantitative estimate of drug-likeness (QED) is 0.422. The summed E-state index contributed by atoms with van der Waals surface area (Å²) in [5.41, 5.74) is 0.00681. The van der Waals surface area contributed by atoms with Crippen molar-refractivity contribution in [1.82, 2.24) is 5.32 Å². The fourth-order valence-electron chi connectivity index (χ4n) is 0.998. The van der Waals surface area contributed by atoms with Gasteiger partial charge in [-0.2, -0.15) is 0 Å². The van der Waals surface area contributed by atoms with E-state index >= 15 is 0 Å². The molecule has 0 aromatic heterocycles. The predicted molar refractivity (Wildman–Crippen MR) is 53.7 cm³/mol. The van der Waals surface area contributed by atoms with Crippen molar-refractivity contribution in [3.05, 3.63) is 34.4 Å². The lowest BCUT2D eigenvalue weighted by Crippen LogP contribution is -2.34. The van der Waals surface area contributed by atoms with Gasteiger partial charge in [0.15, 0.2) is 6.23 Å². The molecule has 0 amide bonds. The van der Waals surface area contributed by atoms with Gasteiger partial charge in [0.25, 0.3) is 5.69 Å². The summed E-state index contributed by atoms with van der Waals surface area (Å²) in [6, 6.07) is 5.66. The van der Waals surface area contributed by atoms with E-state index < -0.39 is 11.2 Å². The van der Waals surface area contributed by atoms with E-state index in [1.165, 1.54) is 24.3 Å². The highest BCUT2D eigenvalue weighted by atomic mass is 16.6. The van der Waals surface area contributed by atoms with Gasteiger partial charge in [0, 0.05) is 12.1 Å². The van der Waals surface area contributed by atoms with Crippen molar-refractivity contribution >= 4 is 5.69 Å². The first kappa shape index (κ1) is 11.4. The molecule has 1 rings (SSSR count). The zero-order chi connectivity index (χ0) is 11.3. The third-order valence-corrected chi connectivity index (χ3v) is 1.81. The van der Waals surface area contributed by atoms with Crippen LogP contribution in [-0.4, -0.2) is 29.9 Å². The van der Waals surface area contributed by atoms with Gasteiger partial charge in [0.2, 0.25) is 0 Å². The van der Waals surface area contributed by atoms with Gasteiger partial charge in [-0.15, -0.1) is 0 Å². The summed E-state index contributed by atoms with van der Waals surface area (Å²) in [7, 11) is 1.65. The van der Waals surface area contributed by atoms with Gasteiger partial charge >= 0.3 is 0 Å². The number of hydrogen-bond donors (Lipinski definition) is 2. The summed E-state index contributed by atoms with van der Waals surface area (Å²) < 4.78 is 5.26. The van der Waals surface area contributed by atoms with E-state index in [1.807, 2.05) is 0 Å². The zero-order valence-corrected chi connectivity index (χ0v) is 8.21. The van der Waals surface area contributed by atoms with Crippen LogP contribution in [0.1, 0.15) is 0 Å². The molecule has 82 valence electrons. The molecule has 1 aromatic carbocycles. The summed E-state index contributed by atoms with van der Waals surface area (Å²) in [6.07, 6.45) is -0.508. The molecular formula is C9H12N2O4. The van der Waals surface area contributed by atoms with Crippen molar-refractivity contribution in [3.8, 4) is 5.75 Å². The molecule has 0 aliphatic carbocycles. The monoisotopic (exact) mass is 212 g/mol. The van der Waals surface area contributed by atoms with Crippen molar-refractivity contribution in [2.24, 2.45) is 0 Å². The highest BCUT2D eigenvalue weighted by Crippen LogP contribution is 2.17. The van der Waals surface area contributed by atoms with Gasteiger partial charge in [-0.05, 0) is 19.2 Å². The summed E-state index contributed by atoms with van der Waals surface area (Å²) in [4.78, 5) is 9.88. The molecule has 0 bridgehead atoms. The van der Waals surface area contributed by atoms with Crippen LogP contribution in [0.2, 0.25) is 0 Å². The van der Waals surface area contributed by atoms with E-state index in [9.17, 15) is 10.1 Å². The first-order chi connectivity index (χ1) is 7.17. The second-order valence-electron chi connectivity index (χ2n) is 2.83. The Balaban J connectivity index is 2.67. The number of likely N-dealkylation sites (N-methyl/N-ethyl adjacent to an activating group) is 1. The molecule has 1 aromatic rings. The van der Waals surface area contributed by atoms with Gasteiger partial charge in [-0.1, -0.05) is 0 Å². The molecule has 6 nitrogen and oxygen atoms in total. The molecule has 0 heterocycles. The summed E-state index contributed by atoms with van der Waals surface area (Å²) in [6.45, 7) is -0.173. The average Bonchev–Trinajstić information content (AvgIpc) is 2.26. The van der Waals surface area contributed by atoms with Crippen molar-refractivity contribution in [2.75, 3.05) is 13.7 Å². The summed E-state index contributed by atoms with van der Waals surface area (Å²) in [5, 5.41) is 21.9. The molecular weight excluding hydrogens is 200 g/mol. The number of nitro groups is 1. The Morgan fingerprint density at radius 2 is 2.13 bits per heavy atom. The molecule has 0 aliphatic rings. The Hall–Kier alpha value is -1.66. The highest BCUT2D eigenvalue weighted by Gasteiger charge is 2.08. The Bertz CT molecular complexity index is 321. The maximum absolute atomic E-state index is 10.4. The Labute approximate surface area is 86.6 Å². The number of nitrogens with zero attached hydrogens (tertiary/aromatic N) is 1. The lowest BCUT2D eigenvalue weighted by molar-refractivity contribution is -0.384. The highest BCUT2D eigenvalue weighted by molar-refractivity contribution is 5.36. The summed E-state index contributed by atoms with van der Waals surface area (Å²) >= 11 is 0. The third kappa shape index (κ3) is 3.19. The lowest BCUT2D eigenvalue weighted by Gasteiger charge is -2.15. The Morgan fingerprint density at radius 3 is 2.53 bits per heavy atom. The van der Waals surface area contributed by atoms with Crippen LogP contribution < -0.4 is 10.1 Å². The fraction of sp³-hybridized carbons (Fsp3) is 0.333. The number of nitro benzene ring substituents is 1. The lowest BCUT2D eigenvalue weighted by atomic mass is 10.3. The van der Waals surface area contributed by atoms with Gasteiger partial charge < -0.3 is 9.84 Å². The average molecular weight is 212 g/mol. The van der Waals surface area contributed by atoms with Crippen LogP contribution >= 0.6 is 0 Å². The topological polar surface area (TPSA) is 84.6 Å². The number of non-ortho nitro benzene ring substituents is 1. The molecule has 2 N–H and O–H groups in total. The number of rotatable bonds is 5. The molecule has 0 spiro atoms. The largest absolute Gasteiger partial charge is 0.473 e. The maximum atomic E-state index is 10.4. The van der Waals surface area contributed by atoms with Crippen LogP contribution in [0.15, 0.2) is 24.3 Å². The number of aliphatic hydroxyl groups is 1. The first-order valence-corrected chi connectivity index (χ1v) is 4.36. The first-order valence-electron chi connectivity index (χ1n) is 4.36. The van der Waals surface area contributed by atoms with E-state index in [0.29, 0.717) is 5.75 Å². The van der Waals surface area contributed by atoms with Crippen molar-refractivity contribution in [2.45, 2.75) is 6.23 Å². The van der Waals surface area contributed by atoms with E-state index in [2.05, 4.69) is 5.32 Å². The smallest absolute Gasteiger partial charge is 0.269 e. The standard InChI is InChI=1S/C9H12N2O4/c1-10-9(6-12)15-8-4-2-7(3-5-8)11(13)14/h2-5,9-10,12H,6H2,1H3. The molecule has 1 atom stereocenters. The van der Waals surface area contributed by atoms with Gasteiger partial charge in [-0.25, -0.2) is 0 Å². The number of benzene rings is 1. The van der Waals surface area contributed by atoms with Crippen LogP contribution in [-0.2, 0) is 0 Å². The third-order valence-electron chi connectivity index (χ3n) is 1.81. The van der Waals surface area contributed by atoms with Crippen LogP contribution in [0.4, 0.5) is 5.69 Å². The molecule has 0 aliphatic heterocycles. The fourth-order valence-corrected chi connectivity index (χ4v) is 0.998. The molecule has 1 unspecified atom stereocenters. The van der Waals surface area contributed by atoms with E-state index in [0.717, 1.165) is 0 Å². The van der Waals surface area contributed by atoms with E-state index in [4.69, 9.17) is 9.84 Å². The molecule has 0 saturated heterocycles. The molecule has 6 heteroatoms. The predicted octanol–water partition coefficient (Wildman–Crippen LogP) is 0.511. The van der Waals surface area contributed by atoms with Crippen LogP contribution in [0.3, 0.4) is 0 Å². The molecule has 0 fully saturated rings. The van der Waals surface area contributed by atoms with Crippen molar-refractivity contribution in [1.29, 1.82) is 0 Å². The Morgan fingerprint density at radius 1 is 1.53 bits per heavy atom. The molecule has 0 saturated carbocycles. The number of nitrogens with one attached hydrogen (secondary N) is 1. The van der Waals surface area contributed by atoms with Gasteiger partial charge in [-0.3, -0.25) is 15.4 Å². The van der Waals surface area contributed by atoms with Crippen LogP contribution in [0, 0.1) is 10.1 Å². The van der Waals surface area contributed by atoms with Crippen molar-refractivity contribution in [3.63, 3.8) is 0 Å². The minimum absolute atomic E-state index is 0.00681. The SMILES string of the molecule is CNC(CO)Oc1ccc([N+](=O)[O-])cc1. The number of ether oxygens (including phenoxy) is 1. The van der Waals surface area contributed by atoms with Gasteiger partial charge in [0.1, 0.15) is 5.75 Å². The molecule has 15 heavy (non-hydrogen) atoms. The minimum Gasteiger partial charge on any atom is -0.473 e. The van der Waals surface area contributed by atoms with Gasteiger partial charge in [0.05, 0.1) is 11.5 Å². The van der Waals surface area contributed by atoms with Crippen LogP contribution in [0.25, 0.3) is 0 Å². The maximum Gasteiger partial charge on any atom is 0.269 e. The normalized spacial score (nSPS) is 12.1. The van der Waals surface area contributed by atoms with Crippen molar-refractivity contribution < 1.29 is 14.8 Å². The Kier molecular flexibility index (Phi) is 4.02. The summed E-state index contributed by atoms with van der Waals surface area (Å²) in [5.74, 6) is 0.467. The second kappa shape index (κ2) is 5.28.